The molecular weight excluding hydrogens is 413 g/mol. The number of benzene rings is 2. The summed E-state index contributed by atoms with van der Waals surface area (Å²) in [5.74, 6) is 0.339. The minimum Gasteiger partial charge on any atom is -0.497 e. The van der Waals surface area contributed by atoms with Crippen molar-refractivity contribution in [3.8, 4) is 5.75 Å². The summed E-state index contributed by atoms with van der Waals surface area (Å²) < 4.78 is 25.5. The summed E-state index contributed by atoms with van der Waals surface area (Å²) in [6.07, 6.45) is 0.979. The summed E-state index contributed by atoms with van der Waals surface area (Å²) in [7, 11) is 1.61. The Morgan fingerprint density at radius 2 is 1.89 bits per heavy atom. The lowest BCUT2D eigenvalue weighted by molar-refractivity contribution is 0.0560. The molecule has 0 fully saturated rings. The number of rotatable bonds is 2. The molecule has 1 heterocycles. The first-order chi connectivity index (χ1) is 12.7. The van der Waals surface area contributed by atoms with Crippen LogP contribution in [0.25, 0.3) is 0 Å². The topological polar surface area (TPSA) is 38.8 Å². The van der Waals surface area contributed by atoms with Crippen LogP contribution < -0.4 is 9.64 Å². The van der Waals surface area contributed by atoms with Crippen molar-refractivity contribution in [3.63, 3.8) is 0 Å². The number of fused-ring (bicyclic) bond motifs is 1. The predicted octanol–water partition coefficient (Wildman–Crippen LogP) is 6.03. The van der Waals surface area contributed by atoms with Crippen LogP contribution in [0.5, 0.6) is 5.75 Å². The summed E-state index contributed by atoms with van der Waals surface area (Å²) in [5.41, 5.74) is 1.78. The number of anilines is 1. The lowest BCUT2D eigenvalue weighted by Gasteiger charge is -2.38. The molecule has 0 aliphatic carbocycles. The zero-order valence-corrected chi connectivity index (χ0v) is 17.5. The molecule has 4 nitrogen and oxygen atoms in total. The molecule has 144 valence electrons. The van der Waals surface area contributed by atoms with Crippen molar-refractivity contribution in [2.45, 2.75) is 45.3 Å². The van der Waals surface area contributed by atoms with E-state index in [0.717, 1.165) is 29.7 Å². The molecule has 0 radical (unpaired) electrons. The molecule has 0 N–H and O–H groups in total. The van der Waals surface area contributed by atoms with Gasteiger partial charge in [0.05, 0.1) is 23.3 Å². The summed E-state index contributed by atoms with van der Waals surface area (Å²) in [6, 6.07) is 10.5. The SMILES string of the molecule is COc1ccc(C2CCc3cc(Br)c(F)cc3N2C(=O)OC(C)(C)C)cc1. The molecule has 1 atom stereocenters. The molecule has 1 aliphatic heterocycles. The van der Waals surface area contributed by atoms with Gasteiger partial charge in [-0.3, -0.25) is 4.90 Å². The highest BCUT2D eigenvalue weighted by atomic mass is 79.9. The minimum absolute atomic E-state index is 0.237. The molecule has 0 saturated heterocycles. The molecule has 1 amide bonds. The van der Waals surface area contributed by atoms with E-state index in [-0.39, 0.29) is 6.04 Å². The molecule has 0 saturated carbocycles. The number of halogens is 2. The van der Waals surface area contributed by atoms with Gasteiger partial charge >= 0.3 is 6.09 Å². The smallest absolute Gasteiger partial charge is 0.415 e. The maximum absolute atomic E-state index is 14.3. The maximum Gasteiger partial charge on any atom is 0.415 e. The van der Waals surface area contributed by atoms with Crippen molar-refractivity contribution in [3.05, 3.63) is 57.8 Å². The average Bonchev–Trinajstić information content (AvgIpc) is 2.60. The number of hydrogen-bond acceptors (Lipinski definition) is 3. The summed E-state index contributed by atoms with van der Waals surface area (Å²) in [4.78, 5) is 14.6. The third kappa shape index (κ3) is 4.26. The van der Waals surface area contributed by atoms with E-state index in [1.54, 1.807) is 18.1 Å². The molecule has 3 rings (SSSR count). The van der Waals surface area contributed by atoms with Crippen molar-refractivity contribution in [2.75, 3.05) is 12.0 Å². The van der Waals surface area contributed by atoms with Gasteiger partial charge in [-0.2, -0.15) is 0 Å². The lowest BCUT2D eigenvalue weighted by Crippen LogP contribution is -2.42. The van der Waals surface area contributed by atoms with Crippen LogP contribution >= 0.6 is 15.9 Å². The van der Waals surface area contributed by atoms with Crippen molar-refractivity contribution in [1.29, 1.82) is 0 Å². The van der Waals surface area contributed by atoms with Crippen LogP contribution in [-0.2, 0) is 11.2 Å². The van der Waals surface area contributed by atoms with Gasteiger partial charge in [-0.1, -0.05) is 12.1 Å². The Balaban J connectivity index is 2.06. The Morgan fingerprint density at radius 3 is 2.48 bits per heavy atom. The van der Waals surface area contributed by atoms with Gasteiger partial charge in [-0.05, 0) is 84.9 Å². The molecule has 1 aliphatic rings. The van der Waals surface area contributed by atoms with Gasteiger partial charge in [0.2, 0.25) is 0 Å². The monoisotopic (exact) mass is 435 g/mol. The highest BCUT2D eigenvalue weighted by molar-refractivity contribution is 9.10. The van der Waals surface area contributed by atoms with E-state index < -0.39 is 17.5 Å². The molecule has 27 heavy (non-hydrogen) atoms. The number of carbonyl (C=O) groups is 1. The molecule has 0 spiro atoms. The Labute approximate surface area is 167 Å². The van der Waals surface area contributed by atoms with E-state index in [2.05, 4.69) is 15.9 Å². The van der Waals surface area contributed by atoms with Crippen LogP contribution in [0.4, 0.5) is 14.9 Å². The van der Waals surface area contributed by atoms with Crippen LogP contribution in [0.3, 0.4) is 0 Å². The van der Waals surface area contributed by atoms with E-state index in [9.17, 15) is 9.18 Å². The van der Waals surface area contributed by atoms with E-state index in [4.69, 9.17) is 9.47 Å². The van der Waals surface area contributed by atoms with Gasteiger partial charge in [-0.25, -0.2) is 9.18 Å². The first kappa shape index (κ1) is 19.7. The summed E-state index contributed by atoms with van der Waals surface area (Å²) in [5, 5.41) is 0. The van der Waals surface area contributed by atoms with Crippen molar-refractivity contribution < 1.29 is 18.7 Å². The van der Waals surface area contributed by atoms with Crippen molar-refractivity contribution >= 4 is 27.7 Å². The van der Waals surface area contributed by atoms with E-state index >= 15 is 0 Å². The van der Waals surface area contributed by atoms with Gasteiger partial charge in [-0.15, -0.1) is 0 Å². The number of amides is 1. The molecule has 6 heteroatoms. The highest BCUT2D eigenvalue weighted by Crippen LogP contribution is 2.41. The van der Waals surface area contributed by atoms with Gasteiger partial charge in [0, 0.05) is 0 Å². The second kappa shape index (κ2) is 7.50. The Morgan fingerprint density at radius 1 is 1.22 bits per heavy atom. The van der Waals surface area contributed by atoms with Crippen molar-refractivity contribution in [1.82, 2.24) is 0 Å². The largest absolute Gasteiger partial charge is 0.497 e. The quantitative estimate of drug-likeness (QED) is 0.578. The van der Waals surface area contributed by atoms with Crippen LogP contribution in [-0.4, -0.2) is 18.8 Å². The Hall–Kier alpha value is -2.08. The third-order valence-corrected chi connectivity index (χ3v) is 5.08. The zero-order chi connectivity index (χ0) is 19.8. The minimum atomic E-state index is -0.646. The lowest BCUT2D eigenvalue weighted by atomic mass is 9.91. The van der Waals surface area contributed by atoms with E-state index in [1.165, 1.54) is 6.07 Å². The number of ether oxygens (including phenoxy) is 2. The van der Waals surface area contributed by atoms with E-state index in [0.29, 0.717) is 10.2 Å². The molecule has 0 aromatic heterocycles. The number of nitrogens with zero attached hydrogens (tertiary/aromatic N) is 1. The predicted molar refractivity (Wildman–Crippen MR) is 107 cm³/mol. The van der Waals surface area contributed by atoms with Crippen LogP contribution in [0.2, 0.25) is 0 Å². The standard InChI is InChI=1S/C21H23BrFNO3/c1-21(2,3)27-20(25)24-18(13-5-8-15(26-4)9-6-13)10-7-14-11-16(22)17(23)12-19(14)24/h5-6,8-9,11-12,18H,7,10H2,1-4H3. The Bertz CT molecular complexity index is 846. The summed E-state index contributed by atoms with van der Waals surface area (Å²) >= 11 is 3.23. The zero-order valence-electron chi connectivity index (χ0n) is 15.9. The average molecular weight is 436 g/mol. The van der Waals surface area contributed by atoms with Crippen LogP contribution in [0.1, 0.15) is 44.4 Å². The van der Waals surface area contributed by atoms with Crippen LogP contribution in [0, 0.1) is 5.82 Å². The highest BCUT2D eigenvalue weighted by Gasteiger charge is 2.35. The maximum atomic E-state index is 14.3. The van der Waals surface area contributed by atoms with Gasteiger partial charge in [0.25, 0.3) is 0 Å². The van der Waals surface area contributed by atoms with Crippen molar-refractivity contribution in [2.24, 2.45) is 0 Å². The second-order valence-electron chi connectivity index (χ2n) is 7.57. The second-order valence-corrected chi connectivity index (χ2v) is 8.43. The number of carbonyl (C=O) groups excluding carboxylic acids is 1. The van der Waals surface area contributed by atoms with Gasteiger partial charge in [0.1, 0.15) is 17.2 Å². The number of methoxy groups -OCH3 is 1. The third-order valence-electron chi connectivity index (χ3n) is 4.47. The van der Waals surface area contributed by atoms with Gasteiger partial charge in [0.15, 0.2) is 0 Å². The molecule has 0 bridgehead atoms. The summed E-state index contributed by atoms with van der Waals surface area (Å²) in [6.45, 7) is 5.46. The van der Waals surface area contributed by atoms with E-state index in [1.807, 2.05) is 45.0 Å². The fourth-order valence-electron chi connectivity index (χ4n) is 3.27. The van der Waals surface area contributed by atoms with Gasteiger partial charge < -0.3 is 9.47 Å². The number of aryl methyl sites for hydroxylation is 1. The normalized spacial score (nSPS) is 16.7. The van der Waals surface area contributed by atoms with Crippen LogP contribution in [0.15, 0.2) is 40.9 Å². The first-order valence-electron chi connectivity index (χ1n) is 8.83. The molecule has 2 aromatic carbocycles. The first-order valence-corrected chi connectivity index (χ1v) is 9.63. The molecule has 1 unspecified atom stereocenters. The molecular formula is C21H23BrFNO3. The number of hydrogen-bond donors (Lipinski definition) is 0. The molecule has 2 aromatic rings. The fraction of sp³-hybridized carbons (Fsp3) is 0.381. The fourth-order valence-corrected chi connectivity index (χ4v) is 3.66. The Kier molecular flexibility index (Phi) is 5.47.